The molecule has 1 aromatic carbocycles. The number of carbonyl (C=O) groups excluding carboxylic acids is 2. The maximum atomic E-state index is 12.6. The zero-order valence-corrected chi connectivity index (χ0v) is 14.5. The Morgan fingerprint density at radius 3 is 2.65 bits per heavy atom. The highest BCUT2D eigenvalue weighted by molar-refractivity contribution is 5.99. The Morgan fingerprint density at radius 2 is 2.08 bits per heavy atom. The molecule has 2 amide bonds. The van der Waals surface area contributed by atoms with Gasteiger partial charge < -0.3 is 10.0 Å². The van der Waals surface area contributed by atoms with Gasteiger partial charge in [-0.3, -0.25) is 24.9 Å². The number of hydroxylamine groups is 1. The molecule has 9 heteroatoms. The number of hydrogen-bond donors (Lipinski definition) is 3. The molecule has 1 aliphatic rings. The van der Waals surface area contributed by atoms with Crippen molar-refractivity contribution < 1.29 is 24.8 Å². The molecule has 0 aromatic heterocycles. The third-order valence-corrected chi connectivity index (χ3v) is 4.51. The van der Waals surface area contributed by atoms with Crippen LogP contribution in [-0.4, -0.2) is 38.0 Å². The van der Waals surface area contributed by atoms with Gasteiger partial charge in [-0.1, -0.05) is 31.9 Å². The summed E-state index contributed by atoms with van der Waals surface area (Å²) >= 11 is 0. The summed E-state index contributed by atoms with van der Waals surface area (Å²) in [6, 6.07) is 3.82. The molecule has 2 rings (SSSR count). The van der Waals surface area contributed by atoms with Crippen LogP contribution >= 0.6 is 0 Å². The third-order valence-electron chi connectivity index (χ3n) is 4.51. The smallest absolute Gasteiger partial charge is 0.290 e. The molecule has 0 saturated heterocycles. The quantitative estimate of drug-likeness (QED) is 0.387. The van der Waals surface area contributed by atoms with E-state index < -0.39 is 34.6 Å². The summed E-state index contributed by atoms with van der Waals surface area (Å²) in [4.78, 5) is 36.7. The second kappa shape index (κ2) is 7.96. The number of amides is 2. The van der Waals surface area contributed by atoms with Crippen molar-refractivity contribution in [3.63, 3.8) is 0 Å². The number of benzene rings is 1. The molecule has 0 fully saturated rings. The van der Waals surface area contributed by atoms with E-state index in [1.54, 1.807) is 11.5 Å². The lowest BCUT2D eigenvalue weighted by Crippen LogP contribution is -2.48. The van der Waals surface area contributed by atoms with E-state index >= 15 is 0 Å². The molecule has 0 radical (unpaired) electrons. The maximum absolute atomic E-state index is 12.6. The number of nitro benzene ring substituents is 1. The number of nitro groups is 1. The van der Waals surface area contributed by atoms with E-state index in [1.807, 2.05) is 6.92 Å². The molecule has 2 atom stereocenters. The van der Waals surface area contributed by atoms with Gasteiger partial charge in [-0.15, -0.1) is 0 Å². The zero-order valence-electron chi connectivity index (χ0n) is 14.5. The number of hydrogen-bond acceptors (Lipinski definition) is 6. The van der Waals surface area contributed by atoms with Crippen molar-refractivity contribution in [2.75, 3.05) is 0 Å². The lowest BCUT2D eigenvalue weighted by molar-refractivity contribution is -0.385. The molecular formula is C17H21N3O6. The van der Waals surface area contributed by atoms with Crippen molar-refractivity contribution in [2.24, 2.45) is 0 Å². The molecule has 0 spiro atoms. The average molecular weight is 363 g/mol. The van der Waals surface area contributed by atoms with E-state index in [1.165, 1.54) is 25.1 Å². The number of aliphatic hydroxyl groups excluding tert-OH is 1. The summed E-state index contributed by atoms with van der Waals surface area (Å²) in [5.74, 6) is -2.14. The van der Waals surface area contributed by atoms with Crippen molar-refractivity contribution in [1.29, 1.82) is 0 Å². The average Bonchev–Trinajstić information content (AvgIpc) is 2.86. The summed E-state index contributed by atoms with van der Waals surface area (Å²) in [5, 5.41) is 30.6. The molecule has 0 saturated carbocycles. The van der Waals surface area contributed by atoms with Crippen molar-refractivity contribution in [1.82, 2.24) is 10.4 Å². The maximum Gasteiger partial charge on any atom is 0.290 e. The summed E-state index contributed by atoms with van der Waals surface area (Å²) in [6.07, 6.45) is 1.57. The van der Waals surface area contributed by atoms with Crippen LogP contribution in [0.1, 0.15) is 44.7 Å². The fourth-order valence-electron chi connectivity index (χ4n) is 3.20. The first kappa shape index (κ1) is 19.4. The second-order valence-electron chi connectivity index (χ2n) is 6.10. The number of nitrogens with zero attached hydrogens (tertiary/aromatic N) is 2. The van der Waals surface area contributed by atoms with E-state index in [4.69, 9.17) is 5.21 Å². The van der Waals surface area contributed by atoms with Crippen LogP contribution in [0.4, 0.5) is 5.69 Å². The third kappa shape index (κ3) is 3.38. The fraction of sp³-hybridized carbons (Fsp3) is 0.412. The molecule has 9 nitrogen and oxygen atoms in total. The Bertz CT molecular complexity index is 761. The van der Waals surface area contributed by atoms with E-state index in [0.717, 1.165) is 11.3 Å². The first-order valence-electron chi connectivity index (χ1n) is 8.24. The molecule has 1 aliphatic heterocycles. The summed E-state index contributed by atoms with van der Waals surface area (Å²) < 4.78 is 0. The molecule has 140 valence electrons. The number of carbonyl (C=O) groups is 2. The predicted molar refractivity (Wildman–Crippen MR) is 91.3 cm³/mol. The Labute approximate surface area is 150 Å². The first-order valence-corrected chi connectivity index (χ1v) is 8.24. The fourth-order valence-corrected chi connectivity index (χ4v) is 3.20. The zero-order chi connectivity index (χ0) is 19.4. The number of rotatable bonds is 7. The van der Waals surface area contributed by atoms with Gasteiger partial charge >= 0.3 is 0 Å². The van der Waals surface area contributed by atoms with Crippen LogP contribution < -0.4 is 5.48 Å². The van der Waals surface area contributed by atoms with E-state index in [9.17, 15) is 24.8 Å². The number of para-hydroxylation sites is 1. The van der Waals surface area contributed by atoms with Gasteiger partial charge in [0, 0.05) is 11.6 Å². The molecule has 1 aromatic rings. The highest BCUT2D eigenvalue weighted by Gasteiger charge is 2.46. The largest absolute Gasteiger partial charge is 0.503 e. The lowest BCUT2D eigenvalue weighted by atomic mass is 9.96. The Kier molecular flexibility index (Phi) is 5.93. The highest BCUT2D eigenvalue weighted by Crippen LogP contribution is 2.42. The van der Waals surface area contributed by atoms with E-state index in [0.29, 0.717) is 6.42 Å². The van der Waals surface area contributed by atoms with Gasteiger partial charge in [0.2, 0.25) is 0 Å². The predicted octanol–water partition coefficient (Wildman–Crippen LogP) is 2.37. The molecule has 0 aliphatic carbocycles. The van der Waals surface area contributed by atoms with Gasteiger partial charge in [-0.05, 0) is 19.4 Å². The Morgan fingerprint density at radius 1 is 1.42 bits per heavy atom. The minimum atomic E-state index is -1.07. The van der Waals surface area contributed by atoms with E-state index in [-0.39, 0.29) is 23.2 Å². The molecule has 26 heavy (non-hydrogen) atoms. The topological polar surface area (TPSA) is 133 Å². The van der Waals surface area contributed by atoms with Crippen molar-refractivity contribution in [3.8, 4) is 0 Å². The van der Waals surface area contributed by atoms with Crippen LogP contribution in [0.5, 0.6) is 0 Å². The molecule has 0 bridgehead atoms. The lowest BCUT2D eigenvalue weighted by Gasteiger charge is -2.32. The van der Waals surface area contributed by atoms with Crippen LogP contribution in [-0.2, 0) is 9.59 Å². The summed E-state index contributed by atoms with van der Waals surface area (Å²) in [7, 11) is 0. The van der Waals surface area contributed by atoms with Gasteiger partial charge in [-0.2, -0.15) is 0 Å². The molecular weight excluding hydrogens is 342 g/mol. The SMILES string of the molecule is CCCCC(C(=O)NO)N1C(=O)C(O)=C(C)C1c1ccccc1[N+](=O)[O-]. The Hall–Kier alpha value is -2.94. The van der Waals surface area contributed by atoms with Gasteiger partial charge in [0.25, 0.3) is 17.5 Å². The second-order valence-corrected chi connectivity index (χ2v) is 6.10. The minimum Gasteiger partial charge on any atom is -0.503 e. The monoisotopic (exact) mass is 363 g/mol. The number of nitrogens with one attached hydrogen (secondary N) is 1. The Balaban J connectivity index is 2.58. The van der Waals surface area contributed by atoms with E-state index in [2.05, 4.69) is 0 Å². The van der Waals surface area contributed by atoms with Crippen molar-refractivity contribution in [3.05, 3.63) is 51.3 Å². The van der Waals surface area contributed by atoms with Crippen molar-refractivity contribution in [2.45, 2.75) is 45.2 Å². The summed E-state index contributed by atoms with van der Waals surface area (Å²) in [6.45, 7) is 3.39. The highest BCUT2D eigenvalue weighted by atomic mass is 16.6. The van der Waals surface area contributed by atoms with Crippen molar-refractivity contribution >= 4 is 17.5 Å². The molecule has 1 heterocycles. The number of unbranched alkanes of at least 4 members (excludes halogenated alkanes) is 1. The molecule has 2 unspecified atom stereocenters. The van der Waals surface area contributed by atoms with Gasteiger partial charge in [0.1, 0.15) is 6.04 Å². The van der Waals surface area contributed by atoms with Crippen LogP contribution in [0, 0.1) is 10.1 Å². The summed E-state index contributed by atoms with van der Waals surface area (Å²) in [5.41, 5.74) is 1.74. The van der Waals surface area contributed by atoms with Crippen LogP contribution in [0.3, 0.4) is 0 Å². The van der Waals surface area contributed by atoms with Crippen LogP contribution in [0.15, 0.2) is 35.6 Å². The minimum absolute atomic E-state index is 0.194. The standard InChI is InChI=1S/C17H21N3O6/c1-3-4-8-13(16(22)18-24)19-14(10(2)15(21)17(19)23)11-7-5-6-9-12(11)20(25)26/h5-7,9,13-14,21,24H,3-4,8H2,1-2H3,(H,18,22). The normalized spacial score (nSPS) is 18.2. The van der Waals surface area contributed by atoms with Crippen LogP contribution in [0.25, 0.3) is 0 Å². The van der Waals surface area contributed by atoms with Gasteiger partial charge in [-0.25, -0.2) is 5.48 Å². The van der Waals surface area contributed by atoms with Gasteiger partial charge in [0.05, 0.1) is 16.5 Å². The first-order chi connectivity index (χ1) is 12.3. The molecule has 3 N–H and O–H groups in total. The number of aliphatic hydroxyl groups is 1. The van der Waals surface area contributed by atoms with Gasteiger partial charge in [0.15, 0.2) is 5.76 Å². The van der Waals surface area contributed by atoms with Crippen LogP contribution in [0.2, 0.25) is 0 Å².